The van der Waals surface area contributed by atoms with Crippen LogP contribution in [-0.4, -0.2) is 5.97 Å². The molecule has 0 aromatic heterocycles. The van der Waals surface area contributed by atoms with Crippen molar-refractivity contribution in [3.05, 3.63) is 53.1 Å². The fourth-order valence-corrected chi connectivity index (χ4v) is 2.01. The van der Waals surface area contributed by atoms with Crippen LogP contribution >= 0.6 is 0 Å². The Hall–Kier alpha value is -2.49. The van der Waals surface area contributed by atoms with Gasteiger partial charge in [-0.1, -0.05) is 12.1 Å². The monoisotopic (exact) mass is 255 g/mol. The number of carboxylic acids is 1. The maximum absolute atomic E-state index is 10.7. The highest BCUT2D eigenvalue weighted by atomic mass is 16.4. The molecule has 0 bridgehead atoms. The maximum Gasteiger partial charge on any atom is 0.0716 e. The lowest BCUT2D eigenvalue weighted by Crippen LogP contribution is -2.22. The lowest BCUT2D eigenvalue weighted by atomic mass is 10.1. The summed E-state index contributed by atoms with van der Waals surface area (Å²) in [6.45, 7) is 4.03. The summed E-state index contributed by atoms with van der Waals surface area (Å²) in [5.41, 5.74) is 10.2. The number of hydrogen-bond donors (Lipinski definition) is 2. The number of nitrogen functional groups attached to an aromatic ring is 1. The molecule has 98 valence electrons. The molecule has 3 N–H and O–H groups in total. The molecule has 0 radical (unpaired) electrons. The Morgan fingerprint density at radius 1 is 1.11 bits per heavy atom. The van der Waals surface area contributed by atoms with E-state index in [2.05, 4.69) is 11.4 Å². The molecule has 0 saturated carbocycles. The van der Waals surface area contributed by atoms with E-state index in [4.69, 9.17) is 5.73 Å². The molecule has 0 aliphatic heterocycles. The molecule has 0 amide bonds. The molecule has 2 aromatic carbocycles. The summed E-state index contributed by atoms with van der Waals surface area (Å²) in [4.78, 5) is 10.7. The molecule has 0 aliphatic rings. The third-order valence-corrected chi connectivity index (χ3v) is 2.79. The number of hydrogen-bond acceptors (Lipinski definition) is 4. The minimum atomic E-state index is -1.23. The molecule has 2 aromatic rings. The largest absolute Gasteiger partial charge is 0.545 e. The van der Waals surface area contributed by atoms with E-state index in [1.165, 1.54) is 12.1 Å². The van der Waals surface area contributed by atoms with Crippen LogP contribution in [0.5, 0.6) is 0 Å². The van der Waals surface area contributed by atoms with Gasteiger partial charge in [-0.15, -0.1) is 0 Å². The topological polar surface area (TPSA) is 78.2 Å². The quantitative estimate of drug-likeness (QED) is 0.822. The molecule has 0 aliphatic carbocycles. The Bertz CT molecular complexity index is 616. The third kappa shape index (κ3) is 3.04. The van der Waals surface area contributed by atoms with Gasteiger partial charge < -0.3 is 21.0 Å². The van der Waals surface area contributed by atoms with Crippen LogP contribution in [0.4, 0.5) is 17.1 Å². The third-order valence-electron chi connectivity index (χ3n) is 2.79. The minimum Gasteiger partial charge on any atom is -0.545 e. The Morgan fingerprint density at radius 3 is 2.26 bits per heavy atom. The molecule has 0 atom stereocenters. The van der Waals surface area contributed by atoms with Gasteiger partial charge in [0.25, 0.3) is 0 Å². The summed E-state index contributed by atoms with van der Waals surface area (Å²) in [5.74, 6) is -1.23. The van der Waals surface area contributed by atoms with E-state index in [-0.39, 0.29) is 5.56 Å². The number of rotatable bonds is 3. The Morgan fingerprint density at radius 2 is 1.74 bits per heavy atom. The molecule has 0 heterocycles. The van der Waals surface area contributed by atoms with E-state index in [0.29, 0.717) is 11.4 Å². The predicted octanol–water partition coefficient (Wildman–Crippen LogP) is 1.99. The maximum atomic E-state index is 10.7. The summed E-state index contributed by atoms with van der Waals surface area (Å²) in [7, 11) is 0. The van der Waals surface area contributed by atoms with Crippen LogP contribution in [0.1, 0.15) is 21.5 Å². The summed E-state index contributed by atoms with van der Waals surface area (Å²) < 4.78 is 0. The molecule has 0 spiro atoms. The summed E-state index contributed by atoms with van der Waals surface area (Å²) in [6.07, 6.45) is 0. The number of aryl methyl sites for hydroxylation is 2. The zero-order valence-corrected chi connectivity index (χ0v) is 10.9. The summed E-state index contributed by atoms with van der Waals surface area (Å²) in [6, 6.07) is 10.6. The van der Waals surface area contributed by atoms with Gasteiger partial charge in [-0.2, -0.15) is 0 Å². The van der Waals surface area contributed by atoms with Gasteiger partial charge in [0, 0.05) is 5.69 Å². The fourth-order valence-electron chi connectivity index (χ4n) is 2.01. The van der Waals surface area contributed by atoms with Crippen LogP contribution in [0.2, 0.25) is 0 Å². The van der Waals surface area contributed by atoms with Crippen LogP contribution in [0.3, 0.4) is 0 Å². The number of nitrogens with one attached hydrogen (secondary N) is 1. The molecular weight excluding hydrogens is 240 g/mol. The van der Waals surface area contributed by atoms with Crippen LogP contribution < -0.4 is 16.2 Å². The highest BCUT2D eigenvalue weighted by molar-refractivity contribution is 5.89. The zero-order valence-electron chi connectivity index (χ0n) is 10.9. The Balaban J connectivity index is 2.30. The second kappa shape index (κ2) is 5.02. The van der Waals surface area contributed by atoms with Gasteiger partial charge >= 0.3 is 0 Å². The average Bonchev–Trinajstić information content (AvgIpc) is 2.30. The fraction of sp³-hybridized carbons (Fsp3) is 0.133. The number of carbonyl (C=O) groups excluding carboxylic acids is 1. The number of carbonyl (C=O) groups is 1. The Kier molecular flexibility index (Phi) is 3.42. The molecule has 19 heavy (non-hydrogen) atoms. The standard InChI is InChI=1S/C15H16N2O2/c1-9-5-10(2)7-12(6-9)17-14-4-3-11(15(18)19)8-13(14)16/h3-8,17H,16H2,1-2H3,(H,18,19)/p-1. The van der Waals surface area contributed by atoms with E-state index >= 15 is 0 Å². The van der Waals surface area contributed by atoms with Crippen molar-refractivity contribution in [2.24, 2.45) is 0 Å². The molecule has 4 nitrogen and oxygen atoms in total. The van der Waals surface area contributed by atoms with Crippen LogP contribution in [0, 0.1) is 13.8 Å². The van der Waals surface area contributed by atoms with Crippen molar-refractivity contribution in [1.29, 1.82) is 0 Å². The molecule has 2 rings (SSSR count). The van der Waals surface area contributed by atoms with Crippen LogP contribution in [0.15, 0.2) is 36.4 Å². The van der Waals surface area contributed by atoms with Gasteiger partial charge in [0.15, 0.2) is 0 Å². The predicted molar refractivity (Wildman–Crippen MR) is 74.4 cm³/mol. The first-order valence-corrected chi connectivity index (χ1v) is 5.92. The normalized spacial score (nSPS) is 10.2. The van der Waals surface area contributed by atoms with Crippen LogP contribution in [0.25, 0.3) is 0 Å². The van der Waals surface area contributed by atoms with Crippen LogP contribution in [-0.2, 0) is 0 Å². The van der Waals surface area contributed by atoms with Crippen molar-refractivity contribution in [3.8, 4) is 0 Å². The van der Waals surface area contributed by atoms with E-state index in [1.54, 1.807) is 6.07 Å². The zero-order chi connectivity index (χ0) is 14.0. The molecule has 0 unspecified atom stereocenters. The van der Waals surface area contributed by atoms with E-state index in [9.17, 15) is 9.90 Å². The summed E-state index contributed by atoms with van der Waals surface area (Å²) >= 11 is 0. The minimum absolute atomic E-state index is 0.0727. The summed E-state index contributed by atoms with van der Waals surface area (Å²) in [5, 5.41) is 13.9. The number of anilines is 3. The van der Waals surface area contributed by atoms with E-state index < -0.39 is 5.97 Å². The number of benzene rings is 2. The second-order valence-electron chi connectivity index (χ2n) is 4.59. The van der Waals surface area contributed by atoms with E-state index in [1.807, 2.05) is 26.0 Å². The van der Waals surface area contributed by atoms with Crippen molar-refractivity contribution in [2.45, 2.75) is 13.8 Å². The van der Waals surface area contributed by atoms with Gasteiger partial charge in [-0.25, -0.2) is 0 Å². The van der Waals surface area contributed by atoms with Crippen molar-refractivity contribution in [3.63, 3.8) is 0 Å². The van der Waals surface area contributed by atoms with Crippen molar-refractivity contribution < 1.29 is 9.90 Å². The first-order chi connectivity index (χ1) is 8.95. The van der Waals surface area contributed by atoms with Gasteiger partial charge in [0.05, 0.1) is 17.3 Å². The van der Waals surface area contributed by atoms with Crippen molar-refractivity contribution >= 4 is 23.0 Å². The highest BCUT2D eigenvalue weighted by Crippen LogP contribution is 2.25. The molecular formula is C15H15N2O2-. The molecule has 0 saturated heterocycles. The van der Waals surface area contributed by atoms with Crippen molar-refractivity contribution in [1.82, 2.24) is 0 Å². The van der Waals surface area contributed by atoms with Gasteiger partial charge in [0.2, 0.25) is 0 Å². The smallest absolute Gasteiger partial charge is 0.0716 e. The van der Waals surface area contributed by atoms with Crippen molar-refractivity contribution in [2.75, 3.05) is 11.1 Å². The number of aromatic carboxylic acids is 1. The Labute approximate surface area is 111 Å². The lowest BCUT2D eigenvalue weighted by molar-refractivity contribution is -0.255. The van der Waals surface area contributed by atoms with Gasteiger partial charge in [-0.3, -0.25) is 0 Å². The number of nitrogens with two attached hydrogens (primary N) is 1. The highest BCUT2D eigenvalue weighted by Gasteiger charge is 2.03. The average molecular weight is 255 g/mol. The molecule has 0 fully saturated rings. The first-order valence-electron chi connectivity index (χ1n) is 5.92. The second-order valence-corrected chi connectivity index (χ2v) is 4.59. The van der Waals surface area contributed by atoms with Gasteiger partial charge in [-0.05, 0) is 54.8 Å². The van der Waals surface area contributed by atoms with E-state index in [0.717, 1.165) is 16.8 Å². The first kappa shape index (κ1) is 13.0. The van der Waals surface area contributed by atoms with Gasteiger partial charge in [0.1, 0.15) is 0 Å². The SMILES string of the molecule is Cc1cc(C)cc(Nc2ccc(C(=O)[O-])cc2N)c1. The molecule has 4 heteroatoms. The number of carboxylic acid groups (broad SMARTS) is 1. The lowest BCUT2D eigenvalue weighted by Gasteiger charge is -2.12.